The molecule has 7 nitrogen and oxygen atoms in total. The summed E-state index contributed by atoms with van der Waals surface area (Å²) in [6, 6.07) is 0.391. The third kappa shape index (κ3) is 6.34. The second kappa shape index (κ2) is 10.4. The van der Waals surface area contributed by atoms with E-state index in [1.807, 2.05) is 6.07 Å². The second-order valence-electron chi connectivity index (χ2n) is 10.5. The zero-order valence-corrected chi connectivity index (χ0v) is 21.2. The fourth-order valence-corrected chi connectivity index (χ4v) is 4.61. The van der Waals surface area contributed by atoms with Crippen molar-refractivity contribution in [1.29, 1.82) is 5.26 Å². The zero-order valence-electron chi connectivity index (χ0n) is 21.2. The van der Waals surface area contributed by atoms with Gasteiger partial charge >= 0.3 is 12.4 Å². The summed E-state index contributed by atoms with van der Waals surface area (Å²) in [5, 5.41) is 14.1. The van der Waals surface area contributed by atoms with Crippen LogP contribution < -0.4 is 15.4 Å². The summed E-state index contributed by atoms with van der Waals surface area (Å²) in [7, 11) is 0.961. The lowest BCUT2D eigenvalue weighted by Crippen LogP contribution is -2.41. The van der Waals surface area contributed by atoms with Gasteiger partial charge in [-0.3, -0.25) is 9.59 Å². The zero-order chi connectivity index (χ0) is 28.6. The first-order chi connectivity index (χ1) is 17.5. The Hall–Kier alpha value is -3.43. The predicted molar refractivity (Wildman–Crippen MR) is 125 cm³/mol. The van der Waals surface area contributed by atoms with Crippen molar-refractivity contribution in [3.63, 3.8) is 0 Å². The van der Waals surface area contributed by atoms with Gasteiger partial charge in [0.1, 0.15) is 17.8 Å². The molecule has 13 heteroatoms. The molecular weight excluding hydrogens is 518 g/mol. The highest BCUT2D eigenvalue weighted by Crippen LogP contribution is 2.45. The Balaban J connectivity index is 2.17. The fraction of sp³-hybridized carbons (Fsp3) is 0.560. The van der Waals surface area contributed by atoms with Crippen LogP contribution >= 0.6 is 0 Å². The van der Waals surface area contributed by atoms with E-state index in [4.69, 9.17) is 4.74 Å². The minimum Gasteiger partial charge on any atom is -0.496 e. The van der Waals surface area contributed by atoms with Crippen LogP contribution in [-0.2, 0) is 21.9 Å². The Bertz CT molecular complexity index is 1250. The molecule has 0 unspecified atom stereocenters. The average molecular weight is 547 g/mol. The second-order valence-corrected chi connectivity index (χ2v) is 10.5. The minimum atomic E-state index is -4.97. The topological polar surface area (TPSA) is 96.2 Å². The number of aromatic nitrogens is 1. The fourth-order valence-electron chi connectivity index (χ4n) is 4.61. The average Bonchev–Trinajstić information content (AvgIpc) is 3.38. The summed E-state index contributed by atoms with van der Waals surface area (Å²) >= 11 is 0. The number of rotatable bonds is 7. The highest BCUT2D eigenvalue weighted by Gasteiger charge is 2.41. The van der Waals surface area contributed by atoms with E-state index in [-0.39, 0.29) is 18.7 Å². The minimum absolute atomic E-state index is 0.0113. The monoisotopic (exact) mass is 546 g/mol. The van der Waals surface area contributed by atoms with E-state index < -0.39 is 69.5 Å². The number of nitrogens with zero attached hydrogens (tertiary/aromatic N) is 2. The summed E-state index contributed by atoms with van der Waals surface area (Å²) in [5.74, 6) is -2.29. The lowest BCUT2D eigenvalue weighted by Gasteiger charge is -2.28. The molecule has 0 bridgehead atoms. The van der Waals surface area contributed by atoms with E-state index >= 15 is 0 Å². The number of nitrogens with one attached hydrogen (secondary N) is 2. The van der Waals surface area contributed by atoms with Crippen molar-refractivity contribution in [2.45, 2.75) is 64.5 Å². The van der Waals surface area contributed by atoms with E-state index in [1.165, 1.54) is 0 Å². The van der Waals surface area contributed by atoms with Crippen molar-refractivity contribution in [3.05, 3.63) is 29.5 Å². The van der Waals surface area contributed by atoms with Crippen LogP contribution in [0.2, 0.25) is 0 Å². The number of carbonyl (C=O) groups is 2. The summed E-state index contributed by atoms with van der Waals surface area (Å²) in [6.07, 6.45) is -8.89. The van der Waals surface area contributed by atoms with Crippen molar-refractivity contribution in [2.24, 2.45) is 11.3 Å². The number of benzene rings is 1. The number of methoxy groups -OCH3 is 1. The quantitative estimate of drug-likeness (QED) is 0.467. The molecule has 1 saturated heterocycles. The molecule has 0 spiro atoms. The van der Waals surface area contributed by atoms with Crippen molar-refractivity contribution < 1.29 is 40.7 Å². The number of ether oxygens (including phenoxy) is 1. The number of halogens is 6. The Morgan fingerprint density at radius 3 is 2.34 bits per heavy atom. The first-order valence-electron chi connectivity index (χ1n) is 11.8. The van der Waals surface area contributed by atoms with E-state index in [0.717, 1.165) is 11.7 Å². The van der Waals surface area contributed by atoms with Crippen LogP contribution in [0.25, 0.3) is 10.9 Å². The largest absolute Gasteiger partial charge is 0.496 e. The third-order valence-electron chi connectivity index (χ3n) is 6.35. The van der Waals surface area contributed by atoms with Gasteiger partial charge in [-0.25, -0.2) is 0 Å². The van der Waals surface area contributed by atoms with E-state index in [0.29, 0.717) is 31.3 Å². The van der Waals surface area contributed by atoms with Crippen LogP contribution in [-0.4, -0.2) is 36.1 Å². The summed E-state index contributed by atoms with van der Waals surface area (Å²) < 4.78 is 88.8. The number of fused-ring (bicyclic) bond motifs is 1. The molecule has 2 amide bonds. The number of amides is 2. The maximum absolute atomic E-state index is 14.0. The van der Waals surface area contributed by atoms with Gasteiger partial charge in [0.15, 0.2) is 0 Å². The number of hydrogen-bond acceptors (Lipinski definition) is 4. The van der Waals surface area contributed by atoms with Gasteiger partial charge in [-0.05, 0) is 36.8 Å². The van der Waals surface area contributed by atoms with E-state index in [9.17, 15) is 41.2 Å². The van der Waals surface area contributed by atoms with Crippen LogP contribution in [0.4, 0.5) is 26.3 Å². The molecule has 3 atom stereocenters. The highest BCUT2D eigenvalue weighted by molar-refractivity contribution is 5.93. The Kier molecular flexibility index (Phi) is 7.96. The Labute approximate surface area is 215 Å². The lowest BCUT2D eigenvalue weighted by atomic mass is 9.87. The van der Waals surface area contributed by atoms with Crippen molar-refractivity contribution in [1.82, 2.24) is 15.2 Å². The van der Waals surface area contributed by atoms with Gasteiger partial charge in [-0.15, -0.1) is 0 Å². The maximum Gasteiger partial charge on any atom is 0.418 e. The van der Waals surface area contributed by atoms with Gasteiger partial charge in [0.2, 0.25) is 11.8 Å². The molecule has 1 aromatic heterocycles. The van der Waals surface area contributed by atoms with Gasteiger partial charge in [0.25, 0.3) is 0 Å². The molecule has 2 N–H and O–H groups in total. The van der Waals surface area contributed by atoms with Gasteiger partial charge in [-0.1, -0.05) is 20.8 Å². The lowest BCUT2D eigenvalue weighted by molar-refractivity contribution is -0.137. The molecule has 2 heterocycles. The third-order valence-corrected chi connectivity index (χ3v) is 6.35. The molecule has 208 valence electrons. The Morgan fingerprint density at radius 2 is 1.87 bits per heavy atom. The van der Waals surface area contributed by atoms with Gasteiger partial charge < -0.3 is 19.9 Å². The molecule has 1 aliphatic heterocycles. The van der Waals surface area contributed by atoms with Crippen LogP contribution in [0, 0.1) is 22.7 Å². The highest BCUT2D eigenvalue weighted by atomic mass is 19.4. The smallest absolute Gasteiger partial charge is 0.418 e. The molecular formula is C25H28F6N4O3. The van der Waals surface area contributed by atoms with E-state index in [1.54, 1.807) is 20.8 Å². The Morgan fingerprint density at radius 1 is 1.21 bits per heavy atom. The summed E-state index contributed by atoms with van der Waals surface area (Å²) in [6.45, 7) is 5.57. The van der Waals surface area contributed by atoms with Crippen LogP contribution in [0.1, 0.15) is 57.2 Å². The molecule has 1 fully saturated rings. The summed E-state index contributed by atoms with van der Waals surface area (Å²) in [4.78, 5) is 25.4. The van der Waals surface area contributed by atoms with Crippen LogP contribution in [0.5, 0.6) is 5.75 Å². The number of carbonyl (C=O) groups excluding carboxylic acids is 2. The number of alkyl halides is 6. The SMILES string of the molecule is COc1cc(C(F)(F)F)cc2c1c(C(F)(F)F)cn2[C@@H](CC(C)(C)C)C(=O)N[C@H](C#N)C[C@@H]1CCNC1=O. The maximum atomic E-state index is 14.0. The molecule has 3 rings (SSSR count). The van der Waals surface area contributed by atoms with E-state index in [2.05, 4.69) is 10.6 Å². The molecule has 0 radical (unpaired) electrons. The summed E-state index contributed by atoms with van der Waals surface area (Å²) in [5.41, 5.74) is -3.65. The molecule has 0 aliphatic carbocycles. The molecule has 38 heavy (non-hydrogen) atoms. The van der Waals surface area contributed by atoms with Crippen molar-refractivity contribution in [3.8, 4) is 11.8 Å². The van der Waals surface area contributed by atoms with Crippen molar-refractivity contribution in [2.75, 3.05) is 13.7 Å². The predicted octanol–water partition coefficient (Wildman–Crippen LogP) is 5.20. The van der Waals surface area contributed by atoms with Gasteiger partial charge in [0.05, 0.1) is 35.2 Å². The first-order valence-corrected chi connectivity index (χ1v) is 11.8. The van der Waals surface area contributed by atoms with Gasteiger partial charge in [0, 0.05) is 18.7 Å². The first kappa shape index (κ1) is 29.1. The van der Waals surface area contributed by atoms with Crippen LogP contribution in [0.15, 0.2) is 18.3 Å². The number of nitriles is 1. The standard InChI is InChI=1S/C25H28F6N4O3/c1-23(2,3)10-18(22(37)34-15(11-32)7-13-5-6-33-21(13)36)35-12-16(25(29,30)31)20-17(35)8-14(24(26,27)28)9-19(20)38-4/h8-9,12-13,15,18H,5-7,10H2,1-4H3,(H,33,36)(H,34,37)/t13-,15-,18-/m0/s1. The van der Waals surface area contributed by atoms with Crippen molar-refractivity contribution >= 4 is 22.7 Å². The molecule has 0 saturated carbocycles. The van der Waals surface area contributed by atoms with Gasteiger partial charge in [-0.2, -0.15) is 31.6 Å². The van der Waals surface area contributed by atoms with Crippen LogP contribution in [0.3, 0.4) is 0 Å². The molecule has 1 aliphatic rings. The normalized spacial score (nSPS) is 18.1. The molecule has 2 aromatic rings. The molecule has 1 aromatic carbocycles. The number of hydrogen-bond donors (Lipinski definition) is 2.